The van der Waals surface area contributed by atoms with E-state index in [0.29, 0.717) is 11.4 Å². The Morgan fingerprint density at radius 1 is 1.28 bits per heavy atom. The van der Waals surface area contributed by atoms with E-state index in [9.17, 15) is 19.2 Å². The molecule has 170 valence electrons. The van der Waals surface area contributed by atoms with Gasteiger partial charge in [-0.25, -0.2) is 9.78 Å². The third-order valence-electron chi connectivity index (χ3n) is 4.31. The standard InChI is InChI=1S/C21H24N4O6S/c1-10(23-20(29)31-21(3,4)5)13-7-6-12(8-22-13)15(27)17-16(28)18-14(9-30-17)25-19(32-18)24-11(2)26/h6-8,10,17H,9H2,1-5H3,(H,23,29)(H,24,25,26). The number of anilines is 1. The van der Waals surface area contributed by atoms with Crippen molar-refractivity contribution in [3.63, 3.8) is 0 Å². The van der Waals surface area contributed by atoms with Gasteiger partial charge in [0.05, 0.1) is 24.0 Å². The van der Waals surface area contributed by atoms with Crippen molar-refractivity contribution < 1.29 is 28.7 Å². The first-order valence-electron chi connectivity index (χ1n) is 9.87. The summed E-state index contributed by atoms with van der Waals surface area (Å²) in [4.78, 5) is 57.4. The number of carbonyl (C=O) groups is 4. The topological polar surface area (TPSA) is 137 Å². The van der Waals surface area contributed by atoms with Gasteiger partial charge < -0.3 is 20.1 Å². The van der Waals surface area contributed by atoms with Gasteiger partial charge in [-0.2, -0.15) is 0 Å². The second-order valence-electron chi connectivity index (χ2n) is 8.24. The predicted octanol–water partition coefficient (Wildman–Crippen LogP) is 3.05. The van der Waals surface area contributed by atoms with Crippen molar-refractivity contribution >= 4 is 40.0 Å². The number of amides is 2. The van der Waals surface area contributed by atoms with Crippen molar-refractivity contribution in [3.8, 4) is 0 Å². The first-order chi connectivity index (χ1) is 14.9. The van der Waals surface area contributed by atoms with Crippen LogP contribution in [0.3, 0.4) is 0 Å². The number of rotatable bonds is 5. The molecule has 0 aliphatic carbocycles. The molecule has 0 radical (unpaired) electrons. The van der Waals surface area contributed by atoms with Crippen LogP contribution in [-0.4, -0.2) is 45.2 Å². The lowest BCUT2D eigenvalue weighted by molar-refractivity contribution is -0.114. The summed E-state index contributed by atoms with van der Waals surface area (Å²) in [5.41, 5.74) is 0.490. The molecule has 2 unspecified atom stereocenters. The average molecular weight is 461 g/mol. The van der Waals surface area contributed by atoms with Crippen molar-refractivity contribution in [1.82, 2.24) is 15.3 Å². The van der Waals surface area contributed by atoms with Gasteiger partial charge in [0.25, 0.3) is 0 Å². The number of ether oxygens (including phenoxy) is 2. The van der Waals surface area contributed by atoms with Gasteiger partial charge in [0, 0.05) is 18.7 Å². The number of thiazole rings is 1. The first-order valence-corrected chi connectivity index (χ1v) is 10.7. The summed E-state index contributed by atoms with van der Waals surface area (Å²) in [6, 6.07) is 2.67. The van der Waals surface area contributed by atoms with Gasteiger partial charge in [-0.3, -0.25) is 19.4 Å². The second kappa shape index (κ2) is 9.13. The molecular weight excluding hydrogens is 436 g/mol. The van der Waals surface area contributed by atoms with Crippen LogP contribution in [0.15, 0.2) is 18.3 Å². The molecule has 0 saturated carbocycles. The van der Waals surface area contributed by atoms with E-state index >= 15 is 0 Å². The van der Waals surface area contributed by atoms with E-state index in [2.05, 4.69) is 20.6 Å². The van der Waals surface area contributed by atoms with Crippen molar-refractivity contribution in [2.75, 3.05) is 5.32 Å². The first kappa shape index (κ1) is 23.5. The quantitative estimate of drug-likeness (QED) is 0.513. The number of hydrogen-bond donors (Lipinski definition) is 2. The van der Waals surface area contributed by atoms with E-state index in [1.165, 1.54) is 19.2 Å². The summed E-state index contributed by atoms with van der Waals surface area (Å²) in [7, 11) is 0. The largest absolute Gasteiger partial charge is 0.444 e. The molecule has 0 bridgehead atoms. The van der Waals surface area contributed by atoms with Crippen molar-refractivity contribution in [2.45, 2.75) is 59.0 Å². The van der Waals surface area contributed by atoms with Crippen LogP contribution in [0.2, 0.25) is 0 Å². The molecule has 2 aromatic rings. The van der Waals surface area contributed by atoms with Crippen LogP contribution in [0.5, 0.6) is 0 Å². The molecule has 2 atom stereocenters. The van der Waals surface area contributed by atoms with Gasteiger partial charge in [-0.1, -0.05) is 11.3 Å². The number of nitrogens with zero attached hydrogens (tertiary/aromatic N) is 2. The lowest BCUT2D eigenvalue weighted by atomic mass is 10.0. The molecule has 0 aromatic carbocycles. The number of hydrogen-bond acceptors (Lipinski definition) is 9. The Balaban J connectivity index is 1.68. The van der Waals surface area contributed by atoms with Crippen LogP contribution in [0, 0.1) is 0 Å². The zero-order chi connectivity index (χ0) is 23.6. The van der Waals surface area contributed by atoms with Crippen molar-refractivity contribution in [3.05, 3.63) is 40.2 Å². The minimum absolute atomic E-state index is 0.0179. The van der Waals surface area contributed by atoms with Crippen LogP contribution >= 0.6 is 11.3 Å². The number of aromatic nitrogens is 2. The third-order valence-corrected chi connectivity index (χ3v) is 5.34. The molecule has 0 fully saturated rings. The van der Waals surface area contributed by atoms with Gasteiger partial charge in [-0.15, -0.1) is 0 Å². The fourth-order valence-electron chi connectivity index (χ4n) is 2.91. The van der Waals surface area contributed by atoms with E-state index in [-0.39, 0.29) is 28.1 Å². The fraction of sp³-hybridized carbons (Fsp3) is 0.429. The average Bonchev–Trinajstić information content (AvgIpc) is 3.09. The van der Waals surface area contributed by atoms with Crippen LogP contribution < -0.4 is 10.6 Å². The summed E-state index contributed by atoms with van der Waals surface area (Å²) < 4.78 is 10.7. The molecule has 11 heteroatoms. The minimum atomic E-state index is -1.31. The zero-order valence-corrected chi connectivity index (χ0v) is 19.2. The van der Waals surface area contributed by atoms with Gasteiger partial charge in [0.2, 0.25) is 17.5 Å². The smallest absolute Gasteiger partial charge is 0.408 e. The summed E-state index contributed by atoms with van der Waals surface area (Å²) in [6.07, 6.45) is -0.544. The molecule has 3 heterocycles. The summed E-state index contributed by atoms with van der Waals surface area (Å²) in [5.74, 6) is -1.34. The van der Waals surface area contributed by atoms with Crippen LogP contribution in [-0.2, 0) is 20.9 Å². The maximum atomic E-state index is 12.9. The lowest BCUT2D eigenvalue weighted by Gasteiger charge is -2.22. The molecule has 3 rings (SSSR count). The Labute approximate surface area is 188 Å². The Morgan fingerprint density at radius 2 is 2.00 bits per heavy atom. The van der Waals surface area contributed by atoms with E-state index in [0.717, 1.165) is 11.3 Å². The van der Waals surface area contributed by atoms with Crippen LogP contribution in [0.4, 0.5) is 9.93 Å². The van der Waals surface area contributed by atoms with Gasteiger partial charge in [0.15, 0.2) is 11.2 Å². The highest BCUT2D eigenvalue weighted by atomic mass is 32.1. The van der Waals surface area contributed by atoms with E-state index in [1.54, 1.807) is 33.8 Å². The summed E-state index contributed by atoms with van der Waals surface area (Å²) >= 11 is 1.01. The molecule has 2 amide bonds. The Morgan fingerprint density at radius 3 is 2.59 bits per heavy atom. The summed E-state index contributed by atoms with van der Waals surface area (Å²) in [5, 5.41) is 5.49. The second-order valence-corrected chi connectivity index (χ2v) is 9.23. The van der Waals surface area contributed by atoms with Crippen LogP contribution in [0.25, 0.3) is 0 Å². The van der Waals surface area contributed by atoms with Gasteiger partial charge in [-0.05, 0) is 39.8 Å². The number of pyridine rings is 1. The van der Waals surface area contributed by atoms with Crippen molar-refractivity contribution in [2.24, 2.45) is 0 Å². The normalized spacial score (nSPS) is 16.7. The molecule has 1 aliphatic heterocycles. The summed E-state index contributed by atoms with van der Waals surface area (Å²) in [6.45, 7) is 8.35. The SMILES string of the molecule is CC(=O)Nc1nc2c(s1)C(=O)C(C(=O)c1ccc(C(C)NC(=O)OC(C)(C)C)nc1)OC2. The zero-order valence-electron chi connectivity index (χ0n) is 18.3. The maximum absolute atomic E-state index is 12.9. The van der Waals surface area contributed by atoms with E-state index < -0.39 is 35.4 Å². The molecule has 10 nitrogen and oxygen atoms in total. The predicted molar refractivity (Wildman–Crippen MR) is 116 cm³/mol. The van der Waals surface area contributed by atoms with Gasteiger partial charge >= 0.3 is 6.09 Å². The Bertz CT molecular complexity index is 1060. The Hall–Kier alpha value is -3.18. The van der Waals surface area contributed by atoms with Crippen molar-refractivity contribution in [1.29, 1.82) is 0 Å². The fourth-order valence-corrected chi connectivity index (χ4v) is 3.89. The monoisotopic (exact) mass is 460 g/mol. The van der Waals surface area contributed by atoms with E-state index in [1.807, 2.05) is 0 Å². The third kappa shape index (κ3) is 5.54. The molecule has 1 aliphatic rings. The highest BCUT2D eigenvalue weighted by Gasteiger charge is 2.37. The number of Topliss-reactive ketones (excluding diaryl/α,β-unsaturated/α-hetero) is 2. The maximum Gasteiger partial charge on any atom is 0.408 e. The molecule has 0 spiro atoms. The number of carbonyl (C=O) groups excluding carboxylic acids is 4. The molecule has 2 aromatic heterocycles. The number of nitrogens with one attached hydrogen (secondary N) is 2. The number of alkyl carbamates (subject to hydrolysis) is 1. The molecular formula is C21H24N4O6S. The Kier molecular flexibility index (Phi) is 6.70. The number of ketones is 2. The number of fused-ring (bicyclic) bond motifs is 1. The van der Waals surface area contributed by atoms with Crippen LogP contribution in [0.1, 0.15) is 72.1 Å². The minimum Gasteiger partial charge on any atom is -0.444 e. The lowest BCUT2D eigenvalue weighted by Crippen LogP contribution is -2.36. The molecule has 32 heavy (non-hydrogen) atoms. The molecule has 0 saturated heterocycles. The highest BCUT2D eigenvalue weighted by molar-refractivity contribution is 7.17. The van der Waals surface area contributed by atoms with E-state index in [4.69, 9.17) is 9.47 Å². The highest BCUT2D eigenvalue weighted by Crippen LogP contribution is 2.30. The van der Waals surface area contributed by atoms with Gasteiger partial charge in [0.1, 0.15) is 10.5 Å². The molecule has 2 N–H and O–H groups in total.